The Morgan fingerprint density at radius 2 is 2.09 bits per heavy atom. The molecule has 4 heteroatoms. The summed E-state index contributed by atoms with van der Waals surface area (Å²) >= 11 is 0. The van der Waals surface area contributed by atoms with E-state index >= 15 is 0 Å². The van der Waals surface area contributed by atoms with Crippen LogP contribution in [0.4, 0.5) is 0 Å². The number of rotatable bonds is 3. The molecule has 118 valence electrons. The number of nitrogens with zero attached hydrogens (tertiary/aromatic N) is 2. The van der Waals surface area contributed by atoms with E-state index in [1.165, 1.54) is 22.3 Å². The summed E-state index contributed by atoms with van der Waals surface area (Å²) in [6, 6.07) is 11.2. The molecule has 0 aliphatic carbocycles. The van der Waals surface area contributed by atoms with Crippen molar-refractivity contribution in [2.24, 2.45) is 0 Å². The van der Waals surface area contributed by atoms with Crippen LogP contribution in [0.2, 0.25) is 0 Å². The fraction of sp³-hybridized carbons (Fsp3) is 0.389. The number of piperazine rings is 1. The highest BCUT2D eigenvalue weighted by molar-refractivity contribution is 5.85. The van der Waals surface area contributed by atoms with Crippen LogP contribution < -0.4 is 5.32 Å². The van der Waals surface area contributed by atoms with Crippen molar-refractivity contribution >= 4 is 12.4 Å². The molecule has 22 heavy (non-hydrogen) atoms. The molecule has 1 fully saturated rings. The zero-order valence-electron chi connectivity index (χ0n) is 13.2. The second-order valence-electron chi connectivity index (χ2n) is 5.84. The Labute approximate surface area is 139 Å². The molecule has 1 saturated heterocycles. The zero-order valence-corrected chi connectivity index (χ0v) is 14.1. The topological polar surface area (TPSA) is 28.2 Å². The minimum absolute atomic E-state index is 0. The zero-order chi connectivity index (χ0) is 14.7. The van der Waals surface area contributed by atoms with Crippen molar-refractivity contribution in [3.63, 3.8) is 0 Å². The van der Waals surface area contributed by atoms with Crippen molar-refractivity contribution in [3.8, 4) is 0 Å². The molecule has 1 aromatic carbocycles. The highest BCUT2D eigenvalue weighted by Crippen LogP contribution is 2.25. The Bertz CT molecular complexity index is 601. The van der Waals surface area contributed by atoms with E-state index in [4.69, 9.17) is 0 Å². The van der Waals surface area contributed by atoms with Crippen LogP contribution in [0, 0.1) is 13.8 Å². The Morgan fingerprint density at radius 1 is 1.23 bits per heavy atom. The first-order valence-corrected chi connectivity index (χ1v) is 7.65. The lowest BCUT2D eigenvalue weighted by molar-refractivity contribution is 0.153. The molecule has 1 aromatic heterocycles. The molecular formula is C18H24ClN3. The van der Waals surface area contributed by atoms with Crippen molar-refractivity contribution in [2.45, 2.75) is 26.4 Å². The lowest BCUT2D eigenvalue weighted by atomic mass is 10.00. The van der Waals surface area contributed by atoms with Crippen molar-refractivity contribution in [2.75, 3.05) is 19.6 Å². The monoisotopic (exact) mass is 317 g/mol. The van der Waals surface area contributed by atoms with Gasteiger partial charge in [0.15, 0.2) is 0 Å². The van der Waals surface area contributed by atoms with Gasteiger partial charge in [0.05, 0.1) is 0 Å². The van der Waals surface area contributed by atoms with Crippen LogP contribution in [0.25, 0.3) is 0 Å². The first kappa shape index (κ1) is 16.9. The predicted octanol–water partition coefficient (Wildman–Crippen LogP) is 3.27. The molecule has 2 heterocycles. The number of nitrogens with one attached hydrogen (secondary N) is 1. The minimum Gasteiger partial charge on any atom is -0.314 e. The molecule has 3 nitrogen and oxygen atoms in total. The molecule has 2 aromatic rings. The van der Waals surface area contributed by atoms with E-state index in [0.29, 0.717) is 6.04 Å². The van der Waals surface area contributed by atoms with Crippen LogP contribution in [0.5, 0.6) is 0 Å². The van der Waals surface area contributed by atoms with E-state index in [2.05, 4.69) is 53.3 Å². The van der Waals surface area contributed by atoms with Crippen LogP contribution >= 0.6 is 12.4 Å². The summed E-state index contributed by atoms with van der Waals surface area (Å²) in [7, 11) is 0. The summed E-state index contributed by atoms with van der Waals surface area (Å²) in [5, 5.41) is 3.51. The second-order valence-corrected chi connectivity index (χ2v) is 5.84. The molecule has 1 unspecified atom stereocenters. The molecule has 0 spiro atoms. The normalized spacial score (nSPS) is 18.7. The van der Waals surface area contributed by atoms with Crippen LogP contribution in [0.3, 0.4) is 0 Å². The summed E-state index contributed by atoms with van der Waals surface area (Å²) in [5.74, 6) is 0. The lowest BCUT2D eigenvalue weighted by Gasteiger charge is -2.36. The summed E-state index contributed by atoms with van der Waals surface area (Å²) in [5.41, 5.74) is 5.53. The first-order chi connectivity index (χ1) is 10.3. The first-order valence-electron chi connectivity index (χ1n) is 7.65. The fourth-order valence-corrected chi connectivity index (χ4v) is 3.04. The Balaban J connectivity index is 0.00000176. The summed E-state index contributed by atoms with van der Waals surface area (Å²) < 4.78 is 0. The van der Waals surface area contributed by atoms with Gasteiger partial charge in [-0.25, -0.2) is 0 Å². The Morgan fingerprint density at radius 3 is 2.86 bits per heavy atom. The van der Waals surface area contributed by atoms with Gasteiger partial charge < -0.3 is 5.32 Å². The van der Waals surface area contributed by atoms with Gasteiger partial charge in [-0.15, -0.1) is 12.4 Å². The van der Waals surface area contributed by atoms with Gasteiger partial charge in [-0.3, -0.25) is 9.88 Å². The fourth-order valence-electron chi connectivity index (χ4n) is 3.04. The molecule has 1 atom stereocenters. The molecule has 1 N–H and O–H groups in total. The maximum absolute atomic E-state index is 4.28. The van der Waals surface area contributed by atoms with Gasteiger partial charge in [0.1, 0.15) is 0 Å². The largest absolute Gasteiger partial charge is 0.314 e. The standard InChI is InChI=1S/C18H23N3.ClH/c1-14-5-3-6-17(15(14)2)13-21-10-9-20-12-18(21)16-7-4-8-19-11-16;/h3-8,11,18,20H,9-10,12-13H2,1-2H3;1H. The van der Waals surface area contributed by atoms with Crippen molar-refractivity contribution in [1.82, 2.24) is 15.2 Å². The Kier molecular flexibility index (Phi) is 5.95. The van der Waals surface area contributed by atoms with Gasteiger partial charge in [-0.1, -0.05) is 24.3 Å². The molecular weight excluding hydrogens is 294 g/mol. The number of pyridine rings is 1. The van der Waals surface area contributed by atoms with Crippen molar-refractivity contribution < 1.29 is 0 Å². The minimum atomic E-state index is 0. The third-order valence-corrected chi connectivity index (χ3v) is 4.51. The molecule has 0 radical (unpaired) electrons. The SMILES string of the molecule is Cc1cccc(CN2CCNCC2c2cccnc2)c1C.Cl. The highest BCUT2D eigenvalue weighted by Gasteiger charge is 2.24. The van der Waals surface area contributed by atoms with Gasteiger partial charge in [0.2, 0.25) is 0 Å². The second kappa shape index (κ2) is 7.73. The summed E-state index contributed by atoms with van der Waals surface area (Å²) in [6.45, 7) is 8.56. The number of hydrogen-bond donors (Lipinski definition) is 1. The number of hydrogen-bond acceptors (Lipinski definition) is 3. The predicted molar refractivity (Wildman–Crippen MR) is 93.4 cm³/mol. The van der Waals surface area contributed by atoms with E-state index in [-0.39, 0.29) is 12.4 Å². The summed E-state index contributed by atoms with van der Waals surface area (Å²) in [4.78, 5) is 6.84. The van der Waals surface area contributed by atoms with E-state index in [1.807, 2.05) is 18.5 Å². The average molecular weight is 318 g/mol. The van der Waals surface area contributed by atoms with E-state index in [1.54, 1.807) is 0 Å². The lowest BCUT2D eigenvalue weighted by Crippen LogP contribution is -2.45. The van der Waals surface area contributed by atoms with Gasteiger partial charge in [0.25, 0.3) is 0 Å². The van der Waals surface area contributed by atoms with Crippen LogP contribution in [-0.2, 0) is 6.54 Å². The average Bonchev–Trinajstić information content (AvgIpc) is 2.53. The third-order valence-electron chi connectivity index (χ3n) is 4.51. The number of aromatic nitrogens is 1. The van der Waals surface area contributed by atoms with Crippen LogP contribution in [-0.4, -0.2) is 29.5 Å². The van der Waals surface area contributed by atoms with Gasteiger partial charge in [-0.05, 0) is 42.2 Å². The third kappa shape index (κ3) is 3.67. The molecule has 3 rings (SSSR count). The molecule has 0 amide bonds. The van der Waals surface area contributed by atoms with E-state index in [0.717, 1.165) is 26.2 Å². The van der Waals surface area contributed by atoms with Gasteiger partial charge >= 0.3 is 0 Å². The smallest absolute Gasteiger partial charge is 0.0491 e. The number of halogens is 1. The number of aryl methyl sites for hydroxylation is 1. The van der Waals surface area contributed by atoms with E-state index in [9.17, 15) is 0 Å². The van der Waals surface area contributed by atoms with Crippen molar-refractivity contribution in [1.29, 1.82) is 0 Å². The molecule has 0 bridgehead atoms. The maximum atomic E-state index is 4.28. The Hall–Kier alpha value is -1.42. The molecule has 1 aliphatic heterocycles. The maximum Gasteiger partial charge on any atom is 0.0491 e. The van der Waals surface area contributed by atoms with Gasteiger partial charge in [0, 0.05) is 44.6 Å². The summed E-state index contributed by atoms with van der Waals surface area (Å²) in [6.07, 6.45) is 3.84. The highest BCUT2D eigenvalue weighted by atomic mass is 35.5. The quantitative estimate of drug-likeness (QED) is 0.941. The van der Waals surface area contributed by atoms with Gasteiger partial charge in [-0.2, -0.15) is 0 Å². The molecule has 1 aliphatic rings. The van der Waals surface area contributed by atoms with E-state index < -0.39 is 0 Å². The number of benzene rings is 1. The molecule has 0 saturated carbocycles. The van der Waals surface area contributed by atoms with Crippen LogP contribution in [0.15, 0.2) is 42.7 Å². The van der Waals surface area contributed by atoms with Crippen LogP contribution in [0.1, 0.15) is 28.3 Å². The van der Waals surface area contributed by atoms with Crippen molar-refractivity contribution in [3.05, 3.63) is 65.0 Å².